The lowest BCUT2D eigenvalue weighted by Crippen LogP contribution is -2.24. The highest BCUT2D eigenvalue weighted by Crippen LogP contribution is 2.25. The Balaban J connectivity index is 1.41. The molecule has 0 bridgehead atoms. The first-order valence-electron chi connectivity index (χ1n) is 9.88. The van der Waals surface area contributed by atoms with E-state index in [4.69, 9.17) is 0 Å². The molecule has 144 valence electrons. The maximum Gasteiger partial charge on any atom is 0.227 e. The molecule has 1 aliphatic rings. The first kappa shape index (κ1) is 18.4. The van der Waals surface area contributed by atoms with Crippen LogP contribution in [0.3, 0.4) is 0 Å². The van der Waals surface area contributed by atoms with Crippen LogP contribution in [-0.2, 0) is 17.9 Å². The SMILES string of the molecule is CC(NCc1nccn1Cc1ccccc1)c1cccc(N2CCCC2=O)c1. The van der Waals surface area contributed by atoms with Gasteiger partial charge < -0.3 is 14.8 Å². The van der Waals surface area contributed by atoms with Crippen LogP contribution >= 0.6 is 0 Å². The topological polar surface area (TPSA) is 50.2 Å². The summed E-state index contributed by atoms with van der Waals surface area (Å²) in [6.45, 7) is 4.48. The molecule has 0 spiro atoms. The van der Waals surface area contributed by atoms with Crippen LogP contribution < -0.4 is 10.2 Å². The number of nitrogens with one attached hydrogen (secondary N) is 1. The number of benzene rings is 2. The third-order valence-corrected chi connectivity index (χ3v) is 5.32. The molecule has 3 aromatic rings. The van der Waals surface area contributed by atoms with Crippen molar-refractivity contribution in [1.29, 1.82) is 0 Å². The molecule has 1 saturated heterocycles. The molecule has 0 radical (unpaired) electrons. The van der Waals surface area contributed by atoms with E-state index < -0.39 is 0 Å². The van der Waals surface area contributed by atoms with E-state index in [0.29, 0.717) is 13.0 Å². The Labute approximate surface area is 166 Å². The van der Waals surface area contributed by atoms with Gasteiger partial charge in [-0.15, -0.1) is 0 Å². The van der Waals surface area contributed by atoms with Gasteiger partial charge in [0.2, 0.25) is 5.91 Å². The van der Waals surface area contributed by atoms with Crippen molar-refractivity contribution >= 4 is 11.6 Å². The van der Waals surface area contributed by atoms with Gasteiger partial charge in [-0.05, 0) is 36.6 Å². The average Bonchev–Trinajstić information content (AvgIpc) is 3.35. The first-order valence-corrected chi connectivity index (χ1v) is 9.88. The highest BCUT2D eigenvalue weighted by molar-refractivity contribution is 5.95. The third-order valence-electron chi connectivity index (χ3n) is 5.32. The van der Waals surface area contributed by atoms with Gasteiger partial charge in [0.15, 0.2) is 0 Å². The van der Waals surface area contributed by atoms with Crippen molar-refractivity contribution in [2.75, 3.05) is 11.4 Å². The van der Waals surface area contributed by atoms with E-state index in [0.717, 1.165) is 31.0 Å². The van der Waals surface area contributed by atoms with Crippen LogP contribution in [0.1, 0.15) is 42.8 Å². The number of anilines is 1. The molecule has 1 amide bonds. The number of carbonyl (C=O) groups is 1. The van der Waals surface area contributed by atoms with Crippen molar-refractivity contribution in [3.05, 3.63) is 83.9 Å². The van der Waals surface area contributed by atoms with Crippen LogP contribution in [0.4, 0.5) is 5.69 Å². The number of hydrogen-bond donors (Lipinski definition) is 1. The van der Waals surface area contributed by atoms with E-state index in [9.17, 15) is 4.79 Å². The Morgan fingerprint density at radius 3 is 2.79 bits per heavy atom. The average molecular weight is 374 g/mol. The number of hydrogen-bond acceptors (Lipinski definition) is 3. The quantitative estimate of drug-likeness (QED) is 0.682. The molecule has 5 nitrogen and oxygen atoms in total. The summed E-state index contributed by atoms with van der Waals surface area (Å²) in [4.78, 5) is 18.4. The summed E-state index contributed by atoms with van der Waals surface area (Å²) >= 11 is 0. The molecule has 2 aromatic carbocycles. The van der Waals surface area contributed by atoms with E-state index in [1.165, 1.54) is 11.1 Å². The summed E-state index contributed by atoms with van der Waals surface area (Å²) in [6, 6.07) is 18.9. The van der Waals surface area contributed by atoms with Crippen LogP contribution in [-0.4, -0.2) is 22.0 Å². The zero-order valence-corrected chi connectivity index (χ0v) is 16.2. The summed E-state index contributed by atoms with van der Waals surface area (Å²) in [6.07, 6.45) is 5.47. The number of rotatable bonds is 7. The molecule has 0 aliphatic carbocycles. The van der Waals surface area contributed by atoms with Crippen LogP contribution in [0.5, 0.6) is 0 Å². The lowest BCUT2D eigenvalue weighted by Gasteiger charge is -2.20. The Morgan fingerprint density at radius 1 is 1.14 bits per heavy atom. The lowest BCUT2D eigenvalue weighted by atomic mass is 10.1. The van der Waals surface area contributed by atoms with Crippen molar-refractivity contribution in [2.45, 2.75) is 38.9 Å². The van der Waals surface area contributed by atoms with Gasteiger partial charge in [-0.25, -0.2) is 4.98 Å². The predicted octanol–water partition coefficient (Wildman–Crippen LogP) is 3.91. The third kappa shape index (κ3) is 4.15. The summed E-state index contributed by atoms with van der Waals surface area (Å²) in [5.74, 6) is 1.24. The lowest BCUT2D eigenvalue weighted by molar-refractivity contribution is -0.117. The van der Waals surface area contributed by atoms with Gasteiger partial charge in [-0.3, -0.25) is 4.79 Å². The van der Waals surface area contributed by atoms with Crippen molar-refractivity contribution in [3.8, 4) is 0 Å². The predicted molar refractivity (Wildman–Crippen MR) is 111 cm³/mol. The van der Waals surface area contributed by atoms with Crippen molar-refractivity contribution < 1.29 is 4.79 Å². The molecule has 4 rings (SSSR count). The maximum absolute atomic E-state index is 12.0. The zero-order chi connectivity index (χ0) is 19.3. The molecule has 1 fully saturated rings. The van der Waals surface area contributed by atoms with Gasteiger partial charge in [-0.2, -0.15) is 0 Å². The van der Waals surface area contributed by atoms with E-state index in [2.05, 4.69) is 58.2 Å². The summed E-state index contributed by atoms with van der Waals surface area (Å²) in [5.41, 5.74) is 3.44. The van der Waals surface area contributed by atoms with Gasteiger partial charge in [0.1, 0.15) is 5.82 Å². The van der Waals surface area contributed by atoms with Gasteiger partial charge in [-0.1, -0.05) is 42.5 Å². The first-order chi connectivity index (χ1) is 13.7. The minimum atomic E-state index is 0.166. The normalized spacial score (nSPS) is 15.2. The van der Waals surface area contributed by atoms with Gasteiger partial charge in [0.25, 0.3) is 0 Å². The fraction of sp³-hybridized carbons (Fsp3) is 0.304. The van der Waals surface area contributed by atoms with E-state index in [-0.39, 0.29) is 11.9 Å². The second kappa shape index (κ2) is 8.40. The summed E-state index contributed by atoms with van der Waals surface area (Å²) in [7, 11) is 0. The second-order valence-corrected chi connectivity index (χ2v) is 7.30. The molecule has 1 aromatic heterocycles. The standard InChI is InChI=1S/C23H26N4O/c1-18(20-9-5-10-21(15-20)27-13-6-11-23(27)28)25-16-22-24-12-14-26(22)17-19-7-3-2-4-8-19/h2-5,7-10,12,14-15,18,25H,6,11,13,16-17H2,1H3. The smallest absolute Gasteiger partial charge is 0.227 e. The van der Waals surface area contributed by atoms with Gasteiger partial charge in [0.05, 0.1) is 6.54 Å². The largest absolute Gasteiger partial charge is 0.329 e. The minimum Gasteiger partial charge on any atom is -0.329 e. The molecular weight excluding hydrogens is 348 g/mol. The molecule has 1 atom stereocenters. The summed E-state index contributed by atoms with van der Waals surface area (Å²) < 4.78 is 2.17. The highest BCUT2D eigenvalue weighted by Gasteiger charge is 2.22. The fourth-order valence-corrected chi connectivity index (χ4v) is 3.68. The van der Waals surface area contributed by atoms with Crippen molar-refractivity contribution in [1.82, 2.24) is 14.9 Å². The molecule has 5 heteroatoms. The van der Waals surface area contributed by atoms with Crippen LogP contribution in [0.25, 0.3) is 0 Å². The van der Waals surface area contributed by atoms with Gasteiger partial charge >= 0.3 is 0 Å². The van der Waals surface area contributed by atoms with Crippen molar-refractivity contribution in [3.63, 3.8) is 0 Å². The van der Waals surface area contributed by atoms with E-state index in [1.807, 2.05) is 35.5 Å². The van der Waals surface area contributed by atoms with Crippen molar-refractivity contribution in [2.24, 2.45) is 0 Å². The molecule has 1 aliphatic heterocycles. The number of aromatic nitrogens is 2. The second-order valence-electron chi connectivity index (χ2n) is 7.30. The minimum absolute atomic E-state index is 0.166. The molecule has 2 heterocycles. The maximum atomic E-state index is 12.0. The zero-order valence-electron chi connectivity index (χ0n) is 16.2. The van der Waals surface area contributed by atoms with Crippen LogP contribution in [0.15, 0.2) is 67.0 Å². The van der Waals surface area contributed by atoms with Crippen LogP contribution in [0.2, 0.25) is 0 Å². The number of amides is 1. The summed E-state index contributed by atoms with van der Waals surface area (Å²) in [5, 5.41) is 3.57. The molecule has 1 N–H and O–H groups in total. The fourth-order valence-electron chi connectivity index (χ4n) is 3.68. The molecular formula is C23H26N4O. The van der Waals surface area contributed by atoms with E-state index >= 15 is 0 Å². The monoisotopic (exact) mass is 374 g/mol. The Bertz CT molecular complexity index is 935. The number of nitrogens with zero attached hydrogens (tertiary/aromatic N) is 3. The van der Waals surface area contributed by atoms with E-state index in [1.54, 1.807) is 0 Å². The molecule has 0 saturated carbocycles. The Morgan fingerprint density at radius 2 is 2.00 bits per heavy atom. The molecule has 28 heavy (non-hydrogen) atoms. The van der Waals surface area contributed by atoms with Crippen LogP contribution in [0, 0.1) is 0 Å². The number of carbonyl (C=O) groups excluding carboxylic acids is 1. The molecule has 1 unspecified atom stereocenters. The van der Waals surface area contributed by atoms with Gasteiger partial charge in [0, 0.05) is 43.6 Å². The number of imidazole rings is 1. The highest BCUT2D eigenvalue weighted by atomic mass is 16.2. The Kier molecular flexibility index (Phi) is 5.53. The Hall–Kier alpha value is -2.92.